The maximum atomic E-state index is 5.18. The zero-order valence-corrected chi connectivity index (χ0v) is 25.1. The van der Waals surface area contributed by atoms with Crippen molar-refractivity contribution in [1.29, 1.82) is 0 Å². The Kier molecular flexibility index (Phi) is 5.54. The van der Waals surface area contributed by atoms with E-state index in [0.29, 0.717) is 0 Å². The third-order valence-corrected chi connectivity index (χ3v) is 9.52. The van der Waals surface area contributed by atoms with Gasteiger partial charge in [0, 0.05) is 38.9 Å². The van der Waals surface area contributed by atoms with E-state index in [1.807, 2.05) is 12.3 Å². The molecule has 0 N–H and O–H groups in total. The lowest BCUT2D eigenvalue weighted by molar-refractivity contribution is 0.660. The lowest BCUT2D eigenvalue weighted by Gasteiger charge is -2.22. The number of benzene rings is 5. The number of rotatable bonds is 3. The van der Waals surface area contributed by atoms with Crippen molar-refractivity contribution in [3.05, 3.63) is 151 Å². The first kappa shape index (κ1) is 25.8. The molecule has 0 amide bonds. The normalized spacial score (nSPS) is 13.3. The van der Waals surface area contributed by atoms with Crippen LogP contribution in [0, 0.1) is 0 Å². The summed E-state index contributed by atoms with van der Waals surface area (Å²) >= 11 is 0. The van der Waals surface area contributed by atoms with Crippen LogP contribution in [0.4, 0.5) is 0 Å². The molecule has 1 aliphatic carbocycles. The third kappa shape index (κ3) is 4.08. The van der Waals surface area contributed by atoms with E-state index in [9.17, 15) is 0 Å². The SMILES string of the molecule is CC1(C)c2ccccc2-c2ccc(-c3ccc(-c4ccc5ccc6ccc(-c7ccc8cccnc8c7)nc6c5n4)cc3)cc21. The van der Waals surface area contributed by atoms with Crippen LogP contribution in [0.15, 0.2) is 140 Å². The molecule has 3 aromatic heterocycles. The van der Waals surface area contributed by atoms with E-state index in [4.69, 9.17) is 9.97 Å². The molecular formula is C42H29N3. The van der Waals surface area contributed by atoms with Gasteiger partial charge in [-0.2, -0.15) is 0 Å². The summed E-state index contributed by atoms with van der Waals surface area (Å²) in [5.41, 5.74) is 14.7. The number of aromatic nitrogens is 3. The number of hydrogen-bond acceptors (Lipinski definition) is 3. The van der Waals surface area contributed by atoms with Gasteiger partial charge in [-0.15, -0.1) is 0 Å². The predicted molar refractivity (Wildman–Crippen MR) is 186 cm³/mol. The van der Waals surface area contributed by atoms with E-state index in [2.05, 4.69) is 146 Å². The third-order valence-electron chi connectivity index (χ3n) is 9.52. The van der Waals surface area contributed by atoms with Gasteiger partial charge in [0.25, 0.3) is 0 Å². The highest BCUT2D eigenvalue weighted by atomic mass is 14.8. The molecule has 3 nitrogen and oxygen atoms in total. The number of nitrogens with zero attached hydrogens (tertiary/aromatic N) is 3. The molecule has 8 aromatic rings. The van der Waals surface area contributed by atoms with E-state index in [1.165, 1.54) is 33.4 Å². The fourth-order valence-corrected chi connectivity index (χ4v) is 7.03. The summed E-state index contributed by atoms with van der Waals surface area (Å²) in [5.74, 6) is 0. The van der Waals surface area contributed by atoms with Gasteiger partial charge in [-0.3, -0.25) is 4.98 Å². The first-order valence-corrected chi connectivity index (χ1v) is 15.4. The average Bonchev–Trinajstić information content (AvgIpc) is 3.33. The van der Waals surface area contributed by atoms with E-state index >= 15 is 0 Å². The summed E-state index contributed by atoms with van der Waals surface area (Å²) in [7, 11) is 0. The number of pyridine rings is 3. The summed E-state index contributed by atoms with van der Waals surface area (Å²) in [5, 5.41) is 3.27. The van der Waals surface area contributed by atoms with Crippen LogP contribution in [0.2, 0.25) is 0 Å². The molecule has 0 unspecified atom stereocenters. The highest BCUT2D eigenvalue weighted by molar-refractivity contribution is 6.04. The van der Waals surface area contributed by atoms with Gasteiger partial charge in [0.1, 0.15) is 0 Å². The maximum absolute atomic E-state index is 5.18. The van der Waals surface area contributed by atoms with Crippen molar-refractivity contribution >= 4 is 32.7 Å². The molecule has 0 saturated carbocycles. The van der Waals surface area contributed by atoms with Crippen molar-refractivity contribution in [2.45, 2.75) is 19.3 Å². The molecule has 5 aromatic carbocycles. The molecule has 0 aliphatic heterocycles. The molecular weight excluding hydrogens is 546 g/mol. The summed E-state index contributed by atoms with van der Waals surface area (Å²) in [4.78, 5) is 14.8. The lowest BCUT2D eigenvalue weighted by Crippen LogP contribution is -2.14. The first-order valence-electron chi connectivity index (χ1n) is 15.4. The largest absolute Gasteiger partial charge is 0.256 e. The van der Waals surface area contributed by atoms with E-state index in [-0.39, 0.29) is 5.41 Å². The van der Waals surface area contributed by atoms with Crippen LogP contribution < -0.4 is 0 Å². The molecule has 0 bridgehead atoms. The smallest absolute Gasteiger partial charge is 0.0972 e. The van der Waals surface area contributed by atoms with Crippen molar-refractivity contribution in [3.63, 3.8) is 0 Å². The van der Waals surface area contributed by atoms with Crippen LogP contribution >= 0.6 is 0 Å². The zero-order valence-electron chi connectivity index (χ0n) is 25.1. The minimum Gasteiger partial charge on any atom is -0.256 e. The molecule has 45 heavy (non-hydrogen) atoms. The topological polar surface area (TPSA) is 38.7 Å². The van der Waals surface area contributed by atoms with Gasteiger partial charge in [0.05, 0.1) is 27.9 Å². The van der Waals surface area contributed by atoms with E-state index in [0.717, 1.165) is 55.2 Å². The summed E-state index contributed by atoms with van der Waals surface area (Å²) in [6.45, 7) is 4.66. The quantitative estimate of drug-likeness (QED) is 0.197. The van der Waals surface area contributed by atoms with Crippen LogP contribution in [-0.2, 0) is 5.41 Å². The average molecular weight is 576 g/mol. The molecule has 3 heterocycles. The van der Waals surface area contributed by atoms with Gasteiger partial charge in [-0.25, -0.2) is 9.97 Å². The van der Waals surface area contributed by atoms with Crippen LogP contribution in [0.25, 0.3) is 77.5 Å². The zero-order chi connectivity index (χ0) is 30.1. The fraction of sp³-hybridized carbons (Fsp3) is 0.0714. The van der Waals surface area contributed by atoms with Gasteiger partial charge in [-0.05, 0) is 63.7 Å². The summed E-state index contributed by atoms with van der Waals surface area (Å²) in [6, 6.07) is 47.6. The fourth-order valence-electron chi connectivity index (χ4n) is 7.03. The van der Waals surface area contributed by atoms with Gasteiger partial charge in [0.15, 0.2) is 0 Å². The lowest BCUT2D eigenvalue weighted by atomic mass is 9.81. The van der Waals surface area contributed by atoms with Crippen molar-refractivity contribution in [3.8, 4) is 44.8 Å². The van der Waals surface area contributed by atoms with Crippen molar-refractivity contribution in [2.24, 2.45) is 0 Å². The second-order valence-electron chi connectivity index (χ2n) is 12.5. The molecule has 212 valence electrons. The Bertz CT molecular complexity index is 2460. The molecule has 0 radical (unpaired) electrons. The van der Waals surface area contributed by atoms with Crippen molar-refractivity contribution < 1.29 is 0 Å². The minimum atomic E-state index is -0.0151. The van der Waals surface area contributed by atoms with Crippen LogP contribution in [0.1, 0.15) is 25.0 Å². The van der Waals surface area contributed by atoms with Gasteiger partial charge in [0.2, 0.25) is 0 Å². The molecule has 0 saturated heterocycles. The number of hydrogen-bond donors (Lipinski definition) is 0. The molecule has 0 spiro atoms. The molecule has 9 rings (SSSR count). The molecule has 0 atom stereocenters. The Morgan fingerprint density at radius 1 is 0.444 bits per heavy atom. The van der Waals surface area contributed by atoms with E-state index < -0.39 is 0 Å². The van der Waals surface area contributed by atoms with Crippen LogP contribution in [-0.4, -0.2) is 15.0 Å². The maximum Gasteiger partial charge on any atom is 0.0972 e. The monoisotopic (exact) mass is 575 g/mol. The van der Waals surface area contributed by atoms with Gasteiger partial charge >= 0.3 is 0 Å². The Labute approximate surface area is 261 Å². The second-order valence-corrected chi connectivity index (χ2v) is 12.5. The second kappa shape index (κ2) is 9.67. The van der Waals surface area contributed by atoms with E-state index in [1.54, 1.807) is 0 Å². The van der Waals surface area contributed by atoms with Crippen molar-refractivity contribution in [2.75, 3.05) is 0 Å². The first-order chi connectivity index (χ1) is 22.0. The molecule has 3 heteroatoms. The van der Waals surface area contributed by atoms with Gasteiger partial charge < -0.3 is 0 Å². The standard InChI is InChI=1S/C42H29N3/c1-42(2)35-8-4-3-7-33(35)34-20-17-31(24-36(34)42)26-9-11-28(12-10-26)37-21-18-29-14-15-30-19-22-38(45-41(30)40(29)44-37)32-16-13-27-6-5-23-43-39(27)25-32/h3-25H,1-2H3. The van der Waals surface area contributed by atoms with Gasteiger partial charge in [-0.1, -0.05) is 117 Å². The van der Waals surface area contributed by atoms with Crippen LogP contribution in [0.3, 0.4) is 0 Å². The predicted octanol–water partition coefficient (Wildman–Crippen LogP) is 10.6. The Morgan fingerprint density at radius 3 is 1.82 bits per heavy atom. The highest BCUT2D eigenvalue weighted by Crippen LogP contribution is 2.49. The van der Waals surface area contributed by atoms with Crippen molar-refractivity contribution in [1.82, 2.24) is 15.0 Å². The Hall–Kier alpha value is -5.67. The Balaban J connectivity index is 1.08. The molecule has 0 fully saturated rings. The number of fused-ring (bicyclic) bond motifs is 7. The van der Waals surface area contributed by atoms with Crippen LogP contribution in [0.5, 0.6) is 0 Å². The highest BCUT2D eigenvalue weighted by Gasteiger charge is 2.35. The molecule has 1 aliphatic rings. The Morgan fingerprint density at radius 2 is 1.04 bits per heavy atom. The minimum absolute atomic E-state index is 0.0151. The summed E-state index contributed by atoms with van der Waals surface area (Å²) in [6.07, 6.45) is 1.83. The summed E-state index contributed by atoms with van der Waals surface area (Å²) < 4.78 is 0.